The van der Waals surface area contributed by atoms with Gasteiger partial charge in [-0.05, 0) is 31.4 Å². The summed E-state index contributed by atoms with van der Waals surface area (Å²) in [6.45, 7) is 8.48. The van der Waals surface area contributed by atoms with Gasteiger partial charge in [0.2, 0.25) is 0 Å². The third-order valence-corrected chi connectivity index (χ3v) is 2.95. The molecule has 0 aliphatic heterocycles. The third-order valence-electron chi connectivity index (χ3n) is 2.95. The quantitative estimate of drug-likeness (QED) is 0.427. The van der Waals surface area contributed by atoms with E-state index in [0.717, 1.165) is 30.7 Å². The van der Waals surface area contributed by atoms with Crippen molar-refractivity contribution < 1.29 is 9.66 Å². The summed E-state index contributed by atoms with van der Waals surface area (Å²) in [5.74, 6) is 1.31. The maximum atomic E-state index is 10.8. The summed E-state index contributed by atoms with van der Waals surface area (Å²) in [7, 11) is 0. The Balaban J connectivity index is 2.76. The summed E-state index contributed by atoms with van der Waals surface area (Å²) in [5, 5.41) is 14.1. The number of non-ortho nitro benzene ring substituents is 1. The van der Waals surface area contributed by atoms with Crippen molar-refractivity contribution in [2.45, 2.75) is 40.2 Å². The number of nitro groups is 1. The molecule has 0 heterocycles. The van der Waals surface area contributed by atoms with Crippen molar-refractivity contribution in [1.29, 1.82) is 0 Å². The Hall–Kier alpha value is -1.62. The highest BCUT2D eigenvalue weighted by Gasteiger charge is 2.11. The molecule has 0 radical (unpaired) electrons. The van der Waals surface area contributed by atoms with Crippen molar-refractivity contribution in [3.63, 3.8) is 0 Å². The number of rotatable bonds is 9. The lowest BCUT2D eigenvalue weighted by Crippen LogP contribution is -2.15. The molecule has 1 aromatic rings. The van der Waals surface area contributed by atoms with Crippen LogP contribution in [0.4, 0.5) is 5.69 Å². The molecule has 112 valence electrons. The monoisotopic (exact) mass is 280 g/mol. The Kier molecular flexibility index (Phi) is 7.01. The van der Waals surface area contributed by atoms with E-state index in [4.69, 9.17) is 4.74 Å². The van der Waals surface area contributed by atoms with Gasteiger partial charge in [0.1, 0.15) is 5.75 Å². The minimum atomic E-state index is -0.374. The van der Waals surface area contributed by atoms with Crippen molar-refractivity contribution in [3.8, 4) is 5.75 Å². The molecule has 0 aliphatic rings. The van der Waals surface area contributed by atoms with Crippen LogP contribution in [0.1, 0.15) is 39.2 Å². The zero-order valence-electron chi connectivity index (χ0n) is 12.5. The van der Waals surface area contributed by atoms with Crippen LogP contribution in [0.5, 0.6) is 5.75 Å². The Bertz CT molecular complexity index is 433. The van der Waals surface area contributed by atoms with Crippen LogP contribution in [0, 0.1) is 16.0 Å². The second kappa shape index (κ2) is 8.53. The summed E-state index contributed by atoms with van der Waals surface area (Å²) in [5.41, 5.74) is 0.950. The van der Waals surface area contributed by atoms with Crippen molar-refractivity contribution in [2.24, 2.45) is 5.92 Å². The standard InChI is InChI=1S/C15H24N2O3/c1-4-8-16-11-13-10-14(17(18)19)5-6-15(13)20-9-7-12(2)3/h5-6,10,12,16H,4,7-9,11H2,1-3H3. The third kappa shape index (κ3) is 5.57. The molecule has 0 aliphatic carbocycles. The van der Waals surface area contributed by atoms with Crippen molar-refractivity contribution >= 4 is 5.69 Å². The summed E-state index contributed by atoms with van der Waals surface area (Å²) in [6, 6.07) is 4.78. The van der Waals surface area contributed by atoms with Gasteiger partial charge in [-0.15, -0.1) is 0 Å². The number of benzene rings is 1. The van der Waals surface area contributed by atoms with Gasteiger partial charge in [0, 0.05) is 24.2 Å². The molecular weight excluding hydrogens is 256 g/mol. The van der Waals surface area contributed by atoms with Gasteiger partial charge in [-0.3, -0.25) is 10.1 Å². The number of nitro benzene ring substituents is 1. The predicted octanol–water partition coefficient (Wildman–Crippen LogP) is 3.52. The molecule has 0 aromatic heterocycles. The molecule has 1 N–H and O–H groups in total. The normalized spacial score (nSPS) is 10.8. The van der Waals surface area contributed by atoms with E-state index in [-0.39, 0.29) is 10.6 Å². The lowest BCUT2D eigenvalue weighted by atomic mass is 10.1. The molecule has 0 fully saturated rings. The van der Waals surface area contributed by atoms with Crippen LogP contribution in [0.3, 0.4) is 0 Å². The van der Waals surface area contributed by atoms with E-state index >= 15 is 0 Å². The maximum Gasteiger partial charge on any atom is 0.270 e. The smallest absolute Gasteiger partial charge is 0.270 e. The van der Waals surface area contributed by atoms with Crippen LogP contribution >= 0.6 is 0 Å². The highest BCUT2D eigenvalue weighted by atomic mass is 16.6. The van der Waals surface area contributed by atoms with Gasteiger partial charge < -0.3 is 10.1 Å². The van der Waals surface area contributed by atoms with E-state index in [1.165, 1.54) is 6.07 Å². The fourth-order valence-electron chi connectivity index (χ4n) is 1.76. The van der Waals surface area contributed by atoms with Gasteiger partial charge >= 0.3 is 0 Å². The van der Waals surface area contributed by atoms with Gasteiger partial charge in [0.15, 0.2) is 0 Å². The van der Waals surface area contributed by atoms with Crippen molar-refractivity contribution in [1.82, 2.24) is 5.32 Å². The number of hydrogen-bond acceptors (Lipinski definition) is 4. The fraction of sp³-hybridized carbons (Fsp3) is 0.600. The van der Waals surface area contributed by atoms with E-state index in [2.05, 4.69) is 26.1 Å². The molecule has 0 unspecified atom stereocenters. The molecule has 0 saturated carbocycles. The summed E-state index contributed by atoms with van der Waals surface area (Å²) < 4.78 is 5.75. The molecule has 0 spiro atoms. The lowest BCUT2D eigenvalue weighted by molar-refractivity contribution is -0.384. The second-order valence-corrected chi connectivity index (χ2v) is 5.26. The van der Waals surface area contributed by atoms with Crippen LogP contribution in [-0.2, 0) is 6.54 Å². The van der Waals surface area contributed by atoms with Crippen LogP contribution in [-0.4, -0.2) is 18.1 Å². The number of hydrogen-bond donors (Lipinski definition) is 1. The Morgan fingerprint density at radius 2 is 2.15 bits per heavy atom. The Labute approximate surface area is 120 Å². The first-order chi connectivity index (χ1) is 9.54. The minimum absolute atomic E-state index is 0.106. The molecule has 1 rings (SSSR count). The topological polar surface area (TPSA) is 64.4 Å². The molecule has 1 aromatic carbocycles. The maximum absolute atomic E-state index is 10.8. The molecule has 0 amide bonds. The molecule has 0 bridgehead atoms. The molecular formula is C15H24N2O3. The molecule has 0 atom stereocenters. The lowest BCUT2D eigenvalue weighted by Gasteiger charge is -2.13. The highest BCUT2D eigenvalue weighted by molar-refractivity contribution is 5.43. The number of nitrogens with one attached hydrogen (secondary N) is 1. The van der Waals surface area contributed by atoms with Gasteiger partial charge in [0.05, 0.1) is 11.5 Å². The van der Waals surface area contributed by atoms with E-state index in [9.17, 15) is 10.1 Å². The molecule has 20 heavy (non-hydrogen) atoms. The zero-order valence-corrected chi connectivity index (χ0v) is 12.5. The van der Waals surface area contributed by atoms with Gasteiger partial charge in [-0.1, -0.05) is 20.8 Å². The summed E-state index contributed by atoms with van der Waals surface area (Å²) in [6.07, 6.45) is 2.00. The summed E-state index contributed by atoms with van der Waals surface area (Å²) in [4.78, 5) is 10.5. The fourth-order valence-corrected chi connectivity index (χ4v) is 1.76. The van der Waals surface area contributed by atoms with Crippen LogP contribution in [0.15, 0.2) is 18.2 Å². The molecule has 0 saturated heterocycles. The van der Waals surface area contributed by atoms with Crippen LogP contribution in [0.25, 0.3) is 0 Å². The second-order valence-electron chi connectivity index (χ2n) is 5.26. The average Bonchev–Trinajstić information content (AvgIpc) is 2.39. The minimum Gasteiger partial charge on any atom is -0.493 e. The van der Waals surface area contributed by atoms with E-state index in [0.29, 0.717) is 19.1 Å². The SMILES string of the molecule is CCCNCc1cc([N+](=O)[O-])ccc1OCCC(C)C. The van der Waals surface area contributed by atoms with E-state index in [1.54, 1.807) is 12.1 Å². The zero-order chi connectivity index (χ0) is 15.0. The van der Waals surface area contributed by atoms with Crippen LogP contribution in [0.2, 0.25) is 0 Å². The van der Waals surface area contributed by atoms with Crippen LogP contribution < -0.4 is 10.1 Å². The number of ether oxygens (including phenoxy) is 1. The van der Waals surface area contributed by atoms with E-state index in [1.807, 2.05) is 0 Å². The first-order valence-electron chi connectivity index (χ1n) is 7.15. The highest BCUT2D eigenvalue weighted by Crippen LogP contribution is 2.24. The molecule has 5 nitrogen and oxygen atoms in total. The summed E-state index contributed by atoms with van der Waals surface area (Å²) >= 11 is 0. The van der Waals surface area contributed by atoms with Gasteiger partial charge in [-0.2, -0.15) is 0 Å². The Morgan fingerprint density at radius 3 is 2.75 bits per heavy atom. The first-order valence-corrected chi connectivity index (χ1v) is 7.15. The predicted molar refractivity (Wildman–Crippen MR) is 80.0 cm³/mol. The number of nitrogens with zero attached hydrogens (tertiary/aromatic N) is 1. The average molecular weight is 280 g/mol. The molecule has 5 heteroatoms. The van der Waals surface area contributed by atoms with Crippen molar-refractivity contribution in [3.05, 3.63) is 33.9 Å². The van der Waals surface area contributed by atoms with E-state index < -0.39 is 0 Å². The van der Waals surface area contributed by atoms with Gasteiger partial charge in [-0.25, -0.2) is 0 Å². The van der Waals surface area contributed by atoms with Crippen molar-refractivity contribution in [2.75, 3.05) is 13.2 Å². The Morgan fingerprint density at radius 1 is 1.40 bits per heavy atom. The largest absolute Gasteiger partial charge is 0.493 e. The first kappa shape index (κ1) is 16.4. The van der Waals surface area contributed by atoms with Gasteiger partial charge in [0.25, 0.3) is 5.69 Å².